The molecule has 0 saturated carbocycles. The summed E-state index contributed by atoms with van der Waals surface area (Å²) in [6.45, 7) is 2.29. The standard InChI is InChI=1S/C19H18N4O4/c1-14(24)20-17-13-16(7-8-18(17)23(26)27)21-9-11-22(12-10-21)19(25)15-5-3-2-4-6-15/h2-9,11,13H,10,12H2,1H3,(H,20,24). The summed E-state index contributed by atoms with van der Waals surface area (Å²) >= 11 is 0. The summed E-state index contributed by atoms with van der Waals surface area (Å²) in [5, 5.41) is 13.6. The van der Waals surface area contributed by atoms with Crippen LogP contribution in [-0.4, -0.2) is 34.7 Å². The molecule has 0 unspecified atom stereocenters. The van der Waals surface area contributed by atoms with Crippen LogP contribution in [-0.2, 0) is 4.79 Å². The molecule has 0 aromatic heterocycles. The van der Waals surface area contributed by atoms with E-state index in [9.17, 15) is 19.7 Å². The lowest BCUT2D eigenvalue weighted by Crippen LogP contribution is -2.38. The molecule has 0 fully saturated rings. The van der Waals surface area contributed by atoms with Gasteiger partial charge in [-0.3, -0.25) is 19.7 Å². The van der Waals surface area contributed by atoms with Gasteiger partial charge in [0.05, 0.1) is 4.92 Å². The van der Waals surface area contributed by atoms with E-state index in [1.807, 2.05) is 23.1 Å². The van der Waals surface area contributed by atoms with Gasteiger partial charge in [0, 0.05) is 49.7 Å². The molecule has 0 saturated heterocycles. The van der Waals surface area contributed by atoms with Gasteiger partial charge in [0.15, 0.2) is 0 Å². The Kier molecular flexibility index (Phi) is 5.16. The third-order valence-electron chi connectivity index (χ3n) is 4.11. The minimum Gasteiger partial charge on any atom is -0.345 e. The molecule has 1 N–H and O–H groups in total. The number of amides is 2. The molecule has 3 rings (SSSR count). The SMILES string of the molecule is CC(=O)Nc1cc(N2C=CN(C(=O)c3ccccc3)CC2)ccc1[N+](=O)[O-]. The summed E-state index contributed by atoms with van der Waals surface area (Å²) in [5.41, 5.74) is 1.27. The third kappa shape index (κ3) is 4.12. The highest BCUT2D eigenvalue weighted by atomic mass is 16.6. The molecule has 138 valence electrons. The number of nitrogens with one attached hydrogen (secondary N) is 1. The Morgan fingerprint density at radius 1 is 1.07 bits per heavy atom. The fourth-order valence-corrected chi connectivity index (χ4v) is 2.81. The number of anilines is 2. The van der Waals surface area contributed by atoms with Crippen LogP contribution >= 0.6 is 0 Å². The maximum absolute atomic E-state index is 12.5. The lowest BCUT2D eigenvalue weighted by Gasteiger charge is -2.30. The number of hydrogen-bond acceptors (Lipinski definition) is 5. The Labute approximate surface area is 155 Å². The summed E-state index contributed by atoms with van der Waals surface area (Å²) < 4.78 is 0. The van der Waals surface area contributed by atoms with E-state index < -0.39 is 4.92 Å². The number of rotatable bonds is 4. The number of nitro benzene ring substituents is 1. The largest absolute Gasteiger partial charge is 0.345 e. The van der Waals surface area contributed by atoms with Crippen molar-refractivity contribution in [3.05, 3.63) is 76.6 Å². The molecule has 1 heterocycles. The van der Waals surface area contributed by atoms with Crippen molar-refractivity contribution in [2.24, 2.45) is 0 Å². The predicted octanol–water partition coefficient (Wildman–Crippen LogP) is 2.99. The van der Waals surface area contributed by atoms with Crippen LogP contribution in [0.5, 0.6) is 0 Å². The molecule has 0 spiro atoms. The van der Waals surface area contributed by atoms with E-state index in [4.69, 9.17) is 0 Å². The van der Waals surface area contributed by atoms with Crippen molar-refractivity contribution < 1.29 is 14.5 Å². The number of carbonyl (C=O) groups is 2. The van der Waals surface area contributed by atoms with Crippen molar-refractivity contribution in [1.29, 1.82) is 0 Å². The average Bonchev–Trinajstić information content (AvgIpc) is 2.67. The van der Waals surface area contributed by atoms with E-state index in [0.717, 1.165) is 0 Å². The van der Waals surface area contributed by atoms with Crippen LogP contribution < -0.4 is 10.2 Å². The zero-order valence-corrected chi connectivity index (χ0v) is 14.7. The first-order chi connectivity index (χ1) is 13.0. The van der Waals surface area contributed by atoms with E-state index in [0.29, 0.717) is 24.3 Å². The normalized spacial score (nSPS) is 13.4. The molecule has 8 heteroatoms. The topological polar surface area (TPSA) is 95.8 Å². The quantitative estimate of drug-likeness (QED) is 0.663. The highest BCUT2D eigenvalue weighted by molar-refractivity contribution is 5.95. The first-order valence-corrected chi connectivity index (χ1v) is 8.33. The Morgan fingerprint density at radius 3 is 2.41 bits per heavy atom. The minimum atomic E-state index is -0.540. The van der Waals surface area contributed by atoms with Gasteiger partial charge < -0.3 is 15.1 Å². The van der Waals surface area contributed by atoms with Gasteiger partial charge in [0.1, 0.15) is 5.69 Å². The van der Waals surface area contributed by atoms with Crippen molar-refractivity contribution in [2.45, 2.75) is 6.92 Å². The number of benzene rings is 2. The van der Waals surface area contributed by atoms with E-state index in [2.05, 4.69) is 5.32 Å². The van der Waals surface area contributed by atoms with Gasteiger partial charge >= 0.3 is 0 Å². The lowest BCUT2D eigenvalue weighted by atomic mass is 10.2. The smallest absolute Gasteiger partial charge is 0.292 e. The highest BCUT2D eigenvalue weighted by Crippen LogP contribution is 2.30. The molecule has 0 atom stereocenters. The summed E-state index contributed by atoms with van der Waals surface area (Å²) in [6.07, 6.45) is 3.42. The molecule has 1 aliphatic heterocycles. The highest BCUT2D eigenvalue weighted by Gasteiger charge is 2.21. The fourth-order valence-electron chi connectivity index (χ4n) is 2.81. The van der Waals surface area contributed by atoms with Gasteiger partial charge in [-0.25, -0.2) is 0 Å². The van der Waals surface area contributed by atoms with Crippen molar-refractivity contribution in [3.8, 4) is 0 Å². The molecule has 0 radical (unpaired) electrons. The molecular formula is C19H18N4O4. The minimum absolute atomic E-state index is 0.0888. The van der Waals surface area contributed by atoms with Gasteiger partial charge in [0.25, 0.3) is 11.6 Å². The first kappa shape index (κ1) is 18.1. The van der Waals surface area contributed by atoms with Crippen LogP contribution in [0.25, 0.3) is 0 Å². The van der Waals surface area contributed by atoms with E-state index in [1.165, 1.54) is 13.0 Å². The number of nitro groups is 1. The molecule has 1 aliphatic rings. The number of nitrogens with zero attached hydrogens (tertiary/aromatic N) is 3. The Balaban J connectivity index is 1.79. The Morgan fingerprint density at radius 2 is 1.81 bits per heavy atom. The van der Waals surface area contributed by atoms with Crippen LogP contribution in [0.3, 0.4) is 0 Å². The van der Waals surface area contributed by atoms with Gasteiger partial charge in [-0.15, -0.1) is 0 Å². The van der Waals surface area contributed by atoms with E-state index in [1.54, 1.807) is 41.6 Å². The van der Waals surface area contributed by atoms with Crippen LogP contribution in [0.4, 0.5) is 17.1 Å². The summed E-state index contributed by atoms with van der Waals surface area (Å²) in [6, 6.07) is 13.5. The predicted molar refractivity (Wildman–Crippen MR) is 101 cm³/mol. The maximum Gasteiger partial charge on any atom is 0.292 e. The van der Waals surface area contributed by atoms with Gasteiger partial charge in [-0.05, 0) is 24.3 Å². The number of carbonyl (C=O) groups excluding carboxylic acids is 2. The Hall–Kier alpha value is -3.68. The molecule has 8 nitrogen and oxygen atoms in total. The molecule has 2 amide bonds. The monoisotopic (exact) mass is 366 g/mol. The van der Waals surface area contributed by atoms with Gasteiger partial charge in [-0.1, -0.05) is 18.2 Å². The molecule has 2 aromatic rings. The average molecular weight is 366 g/mol. The van der Waals surface area contributed by atoms with Crippen LogP contribution in [0.1, 0.15) is 17.3 Å². The second kappa shape index (κ2) is 7.69. The Bertz CT molecular complexity index is 911. The van der Waals surface area contributed by atoms with Crippen molar-refractivity contribution in [1.82, 2.24) is 4.90 Å². The third-order valence-corrected chi connectivity index (χ3v) is 4.11. The zero-order valence-electron chi connectivity index (χ0n) is 14.7. The van der Waals surface area contributed by atoms with E-state index >= 15 is 0 Å². The molecule has 27 heavy (non-hydrogen) atoms. The van der Waals surface area contributed by atoms with E-state index in [-0.39, 0.29) is 23.2 Å². The lowest BCUT2D eigenvalue weighted by molar-refractivity contribution is -0.383. The zero-order chi connectivity index (χ0) is 19.4. The summed E-state index contributed by atoms with van der Waals surface area (Å²) in [4.78, 5) is 37.9. The molecule has 0 aliphatic carbocycles. The number of hydrogen-bond donors (Lipinski definition) is 1. The summed E-state index contributed by atoms with van der Waals surface area (Å²) in [7, 11) is 0. The van der Waals surface area contributed by atoms with Crippen molar-refractivity contribution in [3.63, 3.8) is 0 Å². The van der Waals surface area contributed by atoms with Crippen molar-refractivity contribution >= 4 is 28.9 Å². The summed E-state index contributed by atoms with van der Waals surface area (Å²) in [5.74, 6) is -0.474. The molecule has 0 bridgehead atoms. The van der Waals surface area contributed by atoms with Gasteiger partial charge in [-0.2, -0.15) is 0 Å². The first-order valence-electron chi connectivity index (χ1n) is 8.33. The fraction of sp³-hybridized carbons (Fsp3) is 0.158. The maximum atomic E-state index is 12.5. The second-order valence-corrected chi connectivity index (χ2v) is 6.00. The molecular weight excluding hydrogens is 348 g/mol. The van der Waals surface area contributed by atoms with Gasteiger partial charge in [0.2, 0.25) is 5.91 Å². The molecule has 2 aromatic carbocycles. The second-order valence-electron chi connectivity index (χ2n) is 6.00. The van der Waals surface area contributed by atoms with Crippen LogP contribution in [0.2, 0.25) is 0 Å². The van der Waals surface area contributed by atoms with Crippen LogP contribution in [0.15, 0.2) is 60.9 Å². The van der Waals surface area contributed by atoms with Crippen LogP contribution in [0, 0.1) is 10.1 Å². The van der Waals surface area contributed by atoms with Crippen molar-refractivity contribution in [2.75, 3.05) is 23.3 Å².